The number of imidazole rings is 1. The molecule has 4 rings (SSSR count). The first-order chi connectivity index (χ1) is 11.3. The van der Waals surface area contributed by atoms with E-state index in [1.165, 1.54) is 43.2 Å². The van der Waals surface area contributed by atoms with Gasteiger partial charge in [-0.15, -0.1) is 11.8 Å². The molecule has 0 radical (unpaired) electrons. The van der Waals surface area contributed by atoms with Crippen molar-refractivity contribution in [3.05, 3.63) is 48.2 Å². The number of hydrogen-bond acceptors (Lipinski definition) is 3. The number of fused-ring (bicyclic) bond motifs is 1. The summed E-state index contributed by atoms with van der Waals surface area (Å²) in [7, 11) is 0. The smallest absolute Gasteiger partial charge is 0.154 e. The van der Waals surface area contributed by atoms with Gasteiger partial charge >= 0.3 is 0 Å². The van der Waals surface area contributed by atoms with Crippen LogP contribution in [-0.2, 0) is 0 Å². The molecular weight excluding hydrogens is 302 g/mol. The summed E-state index contributed by atoms with van der Waals surface area (Å²) in [6.07, 6.45) is 10.9. The minimum atomic E-state index is 0.754. The summed E-state index contributed by atoms with van der Waals surface area (Å²) < 4.78 is 1.87. The second-order valence-electron chi connectivity index (χ2n) is 6.26. The maximum atomic E-state index is 4.69. The lowest BCUT2D eigenvalue weighted by molar-refractivity contribution is 0.443. The maximum absolute atomic E-state index is 4.69. The molecule has 1 aromatic carbocycles. The molecule has 3 aromatic rings. The molecule has 0 bridgehead atoms. The van der Waals surface area contributed by atoms with E-state index in [-0.39, 0.29) is 0 Å². The topological polar surface area (TPSA) is 30.2 Å². The molecule has 4 heteroatoms. The highest BCUT2D eigenvalue weighted by atomic mass is 32.2. The third-order valence-electron chi connectivity index (χ3n) is 4.79. The Morgan fingerprint density at radius 3 is 2.52 bits per heavy atom. The molecule has 118 valence electrons. The van der Waals surface area contributed by atoms with Crippen molar-refractivity contribution in [1.29, 1.82) is 0 Å². The van der Waals surface area contributed by atoms with Crippen LogP contribution in [0.4, 0.5) is 0 Å². The Morgan fingerprint density at radius 1 is 1.00 bits per heavy atom. The van der Waals surface area contributed by atoms with Gasteiger partial charge in [0.15, 0.2) is 5.65 Å². The van der Waals surface area contributed by atoms with E-state index in [0.29, 0.717) is 0 Å². The van der Waals surface area contributed by atoms with Crippen LogP contribution in [0, 0.1) is 0 Å². The Morgan fingerprint density at radius 2 is 1.78 bits per heavy atom. The Kier molecular flexibility index (Phi) is 4.08. The molecule has 0 N–H and O–H groups in total. The summed E-state index contributed by atoms with van der Waals surface area (Å²) in [6, 6.07) is 13.0. The summed E-state index contributed by atoms with van der Waals surface area (Å²) in [5.41, 5.74) is 4.54. The molecule has 2 aromatic heterocycles. The fourth-order valence-electron chi connectivity index (χ4n) is 3.47. The number of aromatic nitrogens is 3. The number of thioether (sulfide) groups is 1. The van der Waals surface area contributed by atoms with Crippen molar-refractivity contribution in [2.75, 3.05) is 6.26 Å². The summed E-state index contributed by atoms with van der Waals surface area (Å²) >= 11 is 1.65. The Bertz CT molecular complexity index is 801. The van der Waals surface area contributed by atoms with Gasteiger partial charge in [0.05, 0.1) is 11.9 Å². The van der Waals surface area contributed by atoms with Crippen molar-refractivity contribution in [2.45, 2.75) is 43.0 Å². The van der Waals surface area contributed by atoms with E-state index in [2.05, 4.69) is 29.4 Å². The minimum absolute atomic E-state index is 0.754. The highest BCUT2D eigenvalue weighted by Crippen LogP contribution is 2.33. The lowest BCUT2D eigenvalue weighted by Crippen LogP contribution is -2.04. The highest BCUT2D eigenvalue weighted by molar-refractivity contribution is 7.98. The third-order valence-corrected chi connectivity index (χ3v) is 5.42. The molecule has 0 aliphatic heterocycles. The Hall–Kier alpha value is -1.81. The number of benzene rings is 1. The molecule has 0 spiro atoms. The van der Waals surface area contributed by atoms with Crippen LogP contribution >= 0.6 is 11.8 Å². The molecule has 0 unspecified atom stereocenters. The van der Waals surface area contributed by atoms with Crippen LogP contribution in [0.3, 0.4) is 0 Å². The van der Waals surface area contributed by atoms with Gasteiger partial charge in [0.2, 0.25) is 0 Å². The third kappa shape index (κ3) is 3.00. The van der Waals surface area contributed by atoms with Gasteiger partial charge in [-0.2, -0.15) is 5.10 Å². The van der Waals surface area contributed by atoms with E-state index in [9.17, 15) is 0 Å². The molecule has 0 amide bonds. The van der Waals surface area contributed by atoms with Gasteiger partial charge in [0.1, 0.15) is 5.03 Å². The summed E-state index contributed by atoms with van der Waals surface area (Å²) in [4.78, 5) is 4.69. The van der Waals surface area contributed by atoms with Crippen molar-refractivity contribution in [3.8, 4) is 11.3 Å². The number of rotatable bonds is 3. The fraction of sp³-hybridized carbons (Fsp3) is 0.368. The van der Waals surface area contributed by atoms with Crippen LogP contribution in [0.5, 0.6) is 0 Å². The number of nitrogens with zero attached hydrogens (tertiary/aromatic N) is 3. The van der Waals surface area contributed by atoms with Crippen LogP contribution in [0.2, 0.25) is 0 Å². The predicted molar refractivity (Wildman–Crippen MR) is 96.0 cm³/mol. The van der Waals surface area contributed by atoms with Gasteiger partial charge in [-0.05, 0) is 42.7 Å². The van der Waals surface area contributed by atoms with Gasteiger partial charge in [-0.25, -0.2) is 9.50 Å². The van der Waals surface area contributed by atoms with Crippen LogP contribution in [0.25, 0.3) is 16.9 Å². The normalized spacial score (nSPS) is 16.0. The Balaban J connectivity index is 1.62. The molecule has 23 heavy (non-hydrogen) atoms. The largest absolute Gasteiger partial charge is 0.227 e. The molecule has 3 nitrogen and oxygen atoms in total. The van der Waals surface area contributed by atoms with E-state index >= 15 is 0 Å². The second-order valence-corrected chi connectivity index (χ2v) is 7.09. The average molecular weight is 323 g/mol. The van der Waals surface area contributed by atoms with E-state index in [1.807, 2.05) is 29.1 Å². The molecule has 1 aliphatic rings. The van der Waals surface area contributed by atoms with Crippen molar-refractivity contribution < 1.29 is 0 Å². The molecule has 0 atom stereocenters. The second kappa shape index (κ2) is 6.36. The first-order valence-electron chi connectivity index (χ1n) is 8.34. The average Bonchev–Trinajstić information content (AvgIpc) is 3.05. The van der Waals surface area contributed by atoms with Gasteiger partial charge in [-0.1, -0.05) is 43.5 Å². The maximum Gasteiger partial charge on any atom is 0.154 e. The molecule has 1 saturated carbocycles. The zero-order valence-electron chi connectivity index (χ0n) is 13.4. The standard InChI is InChI=1S/C19H21N3S/c1-23-19-12-11-18-20-17(13-22(18)21-19)16-9-7-15(8-10-16)14-5-3-2-4-6-14/h7-14H,2-6H2,1H3. The van der Waals surface area contributed by atoms with Crippen LogP contribution in [0.1, 0.15) is 43.6 Å². The van der Waals surface area contributed by atoms with Crippen LogP contribution < -0.4 is 0 Å². The predicted octanol–water partition coefficient (Wildman–Crippen LogP) is 5.17. The zero-order valence-corrected chi connectivity index (χ0v) is 14.2. The van der Waals surface area contributed by atoms with Crippen molar-refractivity contribution in [2.24, 2.45) is 0 Å². The van der Waals surface area contributed by atoms with Crippen LogP contribution in [0.15, 0.2) is 47.6 Å². The SMILES string of the molecule is CSc1ccc2nc(-c3ccc(C4CCCCC4)cc3)cn2n1. The highest BCUT2D eigenvalue weighted by Gasteiger charge is 2.15. The molecule has 0 saturated heterocycles. The first-order valence-corrected chi connectivity index (χ1v) is 9.57. The minimum Gasteiger partial charge on any atom is -0.227 e. The zero-order chi connectivity index (χ0) is 15.6. The van der Waals surface area contributed by atoms with Gasteiger partial charge in [0.25, 0.3) is 0 Å². The van der Waals surface area contributed by atoms with E-state index in [1.54, 1.807) is 11.8 Å². The molecule has 2 heterocycles. The van der Waals surface area contributed by atoms with Crippen molar-refractivity contribution >= 4 is 17.4 Å². The van der Waals surface area contributed by atoms with Gasteiger partial charge in [0, 0.05) is 5.56 Å². The van der Waals surface area contributed by atoms with Crippen molar-refractivity contribution in [3.63, 3.8) is 0 Å². The molecular formula is C19H21N3S. The summed E-state index contributed by atoms with van der Waals surface area (Å²) in [5, 5.41) is 5.56. The first kappa shape index (κ1) is 14.8. The summed E-state index contributed by atoms with van der Waals surface area (Å²) in [6.45, 7) is 0. The Labute approximate surface area is 141 Å². The van der Waals surface area contributed by atoms with E-state index < -0.39 is 0 Å². The van der Waals surface area contributed by atoms with Crippen LogP contribution in [-0.4, -0.2) is 20.9 Å². The lowest BCUT2D eigenvalue weighted by atomic mass is 9.84. The number of hydrogen-bond donors (Lipinski definition) is 0. The van der Waals surface area contributed by atoms with Crippen molar-refractivity contribution in [1.82, 2.24) is 14.6 Å². The van der Waals surface area contributed by atoms with Gasteiger partial charge in [-0.3, -0.25) is 0 Å². The van der Waals surface area contributed by atoms with E-state index in [0.717, 1.165) is 22.3 Å². The molecule has 1 fully saturated rings. The van der Waals surface area contributed by atoms with Gasteiger partial charge < -0.3 is 0 Å². The monoisotopic (exact) mass is 323 g/mol. The lowest BCUT2D eigenvalue weighted by Gasteiger charge is -2.21. The quantitative estimate of drug-likeness (QED) is 0.623. The van der Waals surface area contributed by atoms with E-state index in [4.69, 9.17) is 4.98 Å². The fourth-order valence-corrected chi connectivity index (χ4v) is 3.85. The summed E-state index contributed by atoms with van der Waals surface area (Å²) in [5.74, 6) is 0.754. The molecule has 1 aliphatic carbocycles.